The highest BCUT2D eigenvalue weighted by Gasteiger charge is 2.09. The third kappa shape index (κ3) is 3.72. The van der Waals surface area contributed by atoms with Crippen molar-refractivity contribution in [3.05, 3.63) is 41.4 Å². The summed E-state index contributed by atoms with van der Waals surface area (Å²) < 4.78 is 12.9. The first-order valence-electron chi connectivity index (χ1n) is 6.44. The van der Waals surface area contributed by atoms with E-state index < -0.39 is 11.6 Å². The smallest absolute Gasteiger partial charge is 0.234 e. The second kappa shape index (κ2) is 6.43. The molecule has 0 aliphatic carbocycles. The van der Waals surface area contributed by atoms with Crippen LogP contribution < -0.4 is 5.32 Å². The molecule has 23 heavy (non-hydrogen) atoms. The number of imidazole rings is 1. The number of carbonyl (C=O) groups is 1. The number of nitrogens with one attached hydrogen (secondary N) is 2. The number of pyridine rings is 1. The molecular weight excluding hydrogens is 343 g/mol. The van der Waals surface area contributed by atoms with E-state index in [1.165, 1.54) is 17.8 Å². The van der Waals surface area contributed by atoms with Crippen LogP contribution in [0.15, 0.2) is 35.6 Å². The molecule has 0 spiro atoms. The van der Waals surface area contributed by atoms with Gasteiger partial charge >= 0.3 is 0 Å². The molecule has 1 amide bonds. The number of phenols is 1. The van der Waals surface area contributed by atoms with Gasteiger partial charge in [0.1, 0.15) is 5.15 Å². The maximum atomic E-state index is 12.9. The van der Waals surface area contributed by atoms with Crippen molar-refractivity contribution >= 4 is 46.0 Å². The number of halogens is 2. The van der Waals surface area contributed by atoms with Crippen LogP contribution in [0, 0.1) is 5.82 Å². The lowest BCUT2D eigenvalue weighted by Gasteiger charge is -2.05. The molecule has 3 aromatic rings. The van der Waals surface area contributed by atoms with Gasteiger partial charge in [-0.3, -0.25) is 4.79 Å². The van der Waals surface area contributed by atoms with Crippen molar-refractivity contribution in [2.75, 3.05) is 11.1 Å². The van der Waals surface area contributed by atoms with E-state index in [9.17, 15) is 14.3 Å². The summed E-state index contributed by atoms with van der Waals surface area (Å²) in [6.07, 6.45) is 1.57. The SMILES string of the molecule is O=C(CSc1nc2cc(Cl)ncc2[nH]1)Nc1ccc(F)c(O)c1. The van der Waals surface area contributed by atoms with Crippen LogP contribution in [0.3, 0.4) is 0 Å². The lowest BCUT2D eigenvalue weighted by molar-refractivity contribution is -0.113. The van der Waals surface area contributed by atoms with Gasteiger partial charge in [0, 0.05) is 17.8 Å². The molecule has 0 bridgehead atoms. The molecule has 3 rings (SSSR count). The summed E-state index contributed by atoms with van der Waals surface area (Å²) in [5.74, 6) is -1.47. The number of anilines is 1. The summed E-state index contributed by atoms with van der Waals surface area (Å²) in [5, 5.41) is 12.7. The normalized spacial score (nSPS) is 10.9. The standard InChI is InChI=1S/C14H10ClFN4O2S/c15-12-4-9-10(5-17-12)20-14(19-9)23-6-13(22)18-7-1-2-8(16)11(21)3-7/h1-5,21H,6H2,(H,18,22)(H,19,20). The Morgan fingerprint density at radius 1 is 1.43 bits per heavy atom. The first-order chi connectivity index (χ1) is 11.0. The number of phenolic OH excluding ortho intramolecular Hbond substituents is 1. The first-order valence-corrected chi connectivity index (χ1v) is 7.80. The van der Waals surface area contributed by atoms with Gasteiger partial charge in [0.2, 0.25) is 5.91 Å². The van der Waals surface area contributed by atoms with E-state index in [0.29, 0.717) is 21.5 Å². The number of thioether (sulfide) groups is 1. The predicted molar refractivity (Wildman–Crippen MR) is 86.3 cm³/mol. The number of rotatable bonds is 4. The molecule has 9 heteroatoms. The number of hydrogen-bond acceptors (Lipinski definition) is 5. The van der Waals surface area contributed by atoms with E-state index in [1.807, 2.05) is 0 Å². The third-order valence-electron chi connectivity index (χ3n) is 2.88. The largest absolute Gasteiger partial charge is 0.505 e. The number of fused-ring (bicyclic) bond motifs is 1. The monoisotopic (exact) mass is 352 g/mol. The Balaban J connectivity index is 1.62. The lowest BCUT2D eigenvalue weighted by Crippen LogP contribution is -2.14. The molecule has 1 aromatic carbocycles. The molecule has 0 unspecified atom stereocenters. The van der Waals surface area contributed by atoms with Crippen molar-refractivity contribution in [3.8, 4) is 5.75 Å². The molecule has 6 nitrogen and oxygen atoms in total. The Kier molecular flexibility index (Phi) is 4.35. The van der Waals surface area contributed by atoms with Crippen LogP contribution in [0.4, 0.5) is 10.1 Å². The number of nitrogens with zero attached hydrogens (tertiary/aromatic N) is 2. The minimum Gasteiger partial charge on any atom is -0.505 e. The molecule has 118 valence electrons. The Morgan fingerprint density at radius 2 is 2.26 bits per heavy atom. The summed E-state index contributed by atoms with van der Waals surface area (Å²) in [5.41, 5.74) is 1.70. The summed E-state index contributed by atoms with van der Waals surface area (Å²) in [7, 11) is 0. The number of aromatic hydroxyl groups is 1. The summed E-state index contributed by atoms with van der Waals surface area (Å²) in [4.78, 5) is 23.1. The maximum Gasteiger partial charge on any atom is 0.234 e. The van der Waals surface area contributed by atoms with Crippen LogP contribution in [-0.2, 0) is 4.79 Å². The number of hydrogen-bond donors (Lipinski definition) is 3. The van der Waals surface area contributed by atoms with E-state index in [1.54, 1.807) is 12.3 Å². The van der Waals surface area contributed by atoms with Gasteiger partial charge in [-0.25, -0.2) is 14.4 Å². The molecule has 0 atom stereocenters. The van der Waals surface area contributed by atoms with Gasteiger partial charge in [-0.1, -0.05) is 23.4 Å². The van der Waals surface area contributed by atoms with Crippen molar-refractivity contribution in [1.82, 2.24) is 15.0 Å². The van der Waals surface area contributed by atoms with Gasteiger partial charge in [-0.2, -0.15) is 0 Å². The average Bonchev–Trinajstić information content (AvgIpc) is 2.91. The molecular formula is C14H10ClFN4O2S. The fraction of sp³-hybridized carbons (Fsp3) is 0.0714. The van der Waals surface area contributed by atoms with Gasteiger partial charge in [0.05, 0.1) is 23.0 Å². The van der Waals surface area contributed by atoms with Gasteiger partial charge in [-0.05, 0) is 12.1 Å². The quantitative estimate of drug-likeness (QED) is 0.495. The molecule has 2 aromatic heterocycles. The molecule has 0 aliphatic heterocycles. The van der Waals surface area contributed by atoms with Crippen LogP contribution in [0.1, 0.15) is 0 Å². The number of benzene rings is 1. The Hall–Kier alpha value is -2.32. The molecule has 0 saturated heterocycles. The van der Waals surface area contributed by atoms with Crippen molar-refractivity contribution in [2.24, 2.45) is 0 Å². The molecule has 3 N–H and O–H groups in total. The van der Waals surface area contributed by atoms with Crippen LogP contribution in [-0.4, -0.2) is 31.7 Å². The third-order valence-corrected chi connectivity index (χ3v) is 3.96. The first kappa shape index (κ1) is 15.6. The van der Waals surface area contributed by atoms with Crippen molar-refractivity contribution in [3.63, 3.8) is 0 Å². The Morgan fingerprint density at radius 3 is 3.04 bits per heavy atom. The maximum absolute atomic E-state index is 12.9. The fourth-order valence-corrected chi connectivity index (χ4v) is 2.69. The predicted octanol–water partition coefficient (Wildman–Crippen LogP) is 3.19. The molecule has 0 radical (unpaired) electrons. The number of carbonyl (C=O) groups excluding carboxylic acids is 1. The van der Waals surface area contributed by atoms with Crippen LogP contribution >= 0.6 is 23.4 Å². The summed E-state index contributed by atoms with van der Waals surface area (Å²) in [6, 6.07) is 5.21. The summed E-state index contributed by atoms with van der Waals surface area (Å²) >= 11 is 6.99. The lowest BCUT2D eigenvalue weighted by atomic mass is 10.3. The average molecular weight is 353 g/mol. The van der Waals surface area contributed by atoms with E-state index in [0.717, 1.165) is 17.6 Å². The Labute approximate surface area is 139 Å². The highest BCUT2D eigenvalue weighted by molar-refractivity contribution is 7.99. The van der Waals surface area contributed by atoms with Crippen LogP contribution in [0.2, 0.25) is 5.15 Å². The zero-order chi connectivity index (χ0) is 16.4. The zero-order valence-corrected chi connectivity index (χ0v) is 13.1. The summed E-state index contributed by atoms with van der Waals surface area (Å²) in [6.45, 7) is 0. The van der Waals surface area contributed by atoms with Crippen LogP contribution in [0.5, 0.6) is 5.75 Å². The van der Waals surface area contributed by atoms with E-state index in [2.05, 4.69) is 20.3 Å². The highest BCUT2D eigenvalue weighted by Crippen LogP contribution is 2.22. The minimum absolute atomic E-state index is 0.0964. The second-order valence-corrected chi connectivity index (χ2v) is 5.92. The zero-order valence-electron chi connectivity index (χ0n) is 11.5. The van der Waals surface area contributed by atoms with Gasteiger partial charge in [-0.15, -0.1) is 0 Å². The molecule has 2 heterocycles. The van der Waals surface area contributed by atoms with Gasteiger partial charge < -0.3 is 15.4 Å². The van der Waals surface area contributed by atoms with E-state index in [4.69, 9.17) is 11.6 Å². The number of H-pyrrole nitrogens is 1. The molecule has 0 fully saturated rings. The van der Waals surface area contributed by atoms with Crippen molar-refractivity contribution < 1.29 is 14.3 Å². The van der Waals surface area contributed by atoms with Crippen molar-refractivity contribution in [1.29, 1.82) is 0 Å². The Bertz CT molecular complexity index is 886. The number of aromatic amines is 1. The minimum atomic E-state index is -0.744. The van der Waals surface area contributed by atoms with E-state index in [-0.39, 0.29) is 11.7 Å². The number of amides is 1. The molecule has 0 aliphatic rings. The highest BCUT2D eigenvalue weighted by atomic mass is 35.5. The van der Waals surface area contributed by atoms with Crippen molar-refractivity contribution in [2.45, 2.75) is 5.16 Å². The second-order valence-electron chi connectivity index (χ2n) is 4.57. The fourth-order valence-electron chi connectivity index (χ4n) is 1.85. The molecule has 0 saturated carbocycles. The van der Waals surface area contributed by atoms with Crippen LogP contribution in [0.25, 0.3) is 11.0 Å². The topological polar surface area (TPSA) is 90.9 Å². The van der Waals surface area contributed by atoms with E-state index >= 15 is 0 Å². The van der Waals surface area contributed by atoms with Gasteiger partial charge in [0.15, 0.2) is 16.7 Å². The van der Waals surface area contributed by atoms with Gasteiger partial charge in [0.25, 0.3) is 0 Å². The number of aromatic nitrogens is 3.